The molecule has 0 spiro atoms. The second kappa shape index (κ2) is 6.99. The fourth-order valence-corrected chi connectivity index (χ4v) is 2.60. The summed E-state index contributed by atoms with van der Waals surface area (Å²) in [6.07, 6.45) is 1.16. The number of carbonyl (C=O) groups is 3. The Morgan fingerprint density at radius 3 is 2.54 bits per heavy atom. The van der Waals surface area contributed by atoms with Crippen LogP contribution in [0.1, 0.15) is 11.1 Å². The van der Waals surface area contributed by atoms with E-state index in [1.165, 1.54) is 0 Å². The van der Waals surface area contributed by atoms with Gasteiger partial charge in [0, 0.05) is 6.21 Å². The van der Waals surface area contributed by atoms with Gasteiger partial charge in [-0.2, -0.15) is 5.26 Å². The topological polar surface area (TPSA) is 103 Å². The van der Waals surface area contributed by atoms with Crippen molar-refractivity contribution in [2.45, 2.75) is 6.92 Å². The maximum absolute atomic E-state index is 12.8. The van der Waals surface area contributed by atoms with Crippen LogP contribution >= 0.6 is 0 Å². The lowest BCUT2D eigenvalue weighted by molar-refractivity contribution is -0.131. The van der Waals surface area contributed by atoms with Crippen LogP contribution in [-0.4, -0.2) is 24.1 Å². The highest BCUT2D eigenvalue weighted by Crippen LogP contribution is 2.24. The minimum Gasteiger partial charge on any atom is -0.276 e. The zero-order valence-corrected chi connectivity index (χ0v) is 13.8. The van der Waals surface area contributed by atoms with Gasteiger partial charge in [0.15, 0.2) is 5.92 Å². The molecule has 4 amide bonds. The highest BCUT2D eigenvalue weighted by molar-refractivity contribution is 6.32. The highest BCUT2D eigenvalue weighted by Gasteiger charge is 2.40. The van der Waals surface area contributed by atoms with Crippen LogP contribution in [0.3, 0.4) is 0 Å². The number of aliphatic imine (C=N–C) groups is 1. The van der Waals surface area contributed by atoms with E-state index in [0.29, 0.717) is 16.9 Å². The summed E-state index contributed by atoms with van der Waals surface area (Å²) in [6, 6.07) is 14.6. The number of barbiturate groups is 1. The normalized spacial score (nSPS) is 17.3. The van der Waals surface area contributed by atoms with Crippen molar-refractivity contribution in [3.63, 3.8) is 0 Å². The van der Waals surface area contributed by atoms with E-state index in [4.69, 9.17) is 5.26 Å². The molecular weight excluding hydrogens is 332 g/mol. The predicted octanol–water partition coefficient (Wildman–Crippen LogP) is 2.47. The Hall–Kier alpha value is -3.79. The van der Waals surface area contributed by atoms with Crippen molar-refractivity contribution in [2.24, 2.45) is 10.9 Å². The third-order valence-corrected chi connectivity index (χ3v) is 3.95. The molecule has 0 aromatic heterocycles. The van der Waals surface area contributed by atoms with Gasteiger partial charge < -0.3 is 0 Å². The second-order valence-corrected chi connectivity index (χ2v) is 5.64. The number of anilines is 1. The molecule has 1 saturated heterocycles. The number of carbonyl (C=O) groups excluding carboxylic acids is 3. The summed E-state index contributed by atoms with van der Waals surface area (Å²) < 4.78 is 0. The number of urea groups is 1. The summed E-state index contributed by atoms with van der Waals surface area (Å²) in [6.45, 7) is 1.76. The third-order valence-electron chi connectivity index (χ3n) is 3.95. The predicted molar refractivity (Wildman–Crippen MR) is 95.0 cm³/mol. The average Bonchev–Trinajstić information content (AvgIpc) is 2.63. The molecule has 1 fully saturated rings. The van der Waals surface area contributed by atoms with E-state index in [-0.39, 0.29) is 0 Å². The van der Waals surface area contributed by atoms with Gasteiger partial charge in [-0.05, 0) is 30.7 Å². The van der Waals surface area contributed by atoms with Crippen LogP contribution in [0.4, 0.5) is 16.2 Å². The van der Waals surface area contributed by atoms with Crippen molar-refractivity contribution < 1.29 is 14.4 Å². The maximum Gasteiger partial charge on any atom is 0.335 e. The van der Waals surface area contributed by atoms with E-state index in [0.717, 1.165) is 16.7 Å². The number of aryl methyl sites for hydroxylation is 1. The lowest BCUT2D eigenvalue weighted by atomic mass is 10.0. The molecule has 0 unspecified atom stereocenters. The van der Waals surface area contributed by atoms with Crippen molar-refractivity contribution in [2.75, 3.05) is 4.90 Å². The first kappa shape index (κ1) is 17.0. The summed E-state index contributed by atoms with van der Waals surface area (Å²) in [5, 5.41) is 11.3. The van der Waals surface area contributed by atoms with E-state index in [1.54, 1.807) is 55.5 Å². The van der Waals surface area contributed by atoms with Crippen LogP contribution in [-0.2, 0) is 9.59 Å². The number of rotatable bonds is 3. The van der Waals surface area contributed by atoms with Gasteiger partial charge in [0.05, 0.1) is 16.9 Å². The Labute approximate surface area is 149 Å². The number of nitrogens with one attached hydrogen (secondary N) is 1. The number of nitrogens with zero attached hydrogens (tertiary/aromatic N) is 3. The molecular formula is C19H14N4O3. The molecule has 1 aliphatic rings. The molecule has 2 aromatic carbocycles. The van der Waals surface area contributed by atoms with Crippen LogP contribution < -0.4 is 10.2 Å². The standard InChI is InChI=1S/C19H14N4O3/c1-12-6-2-5-9-16(12)23-18(25)14(17(24)22-19(23)26)11-21-15-8-4-3-7-13(15)10-20/h2-9,11,14H,1H3,(H,22,24,26)/t14-/m0/s1. The van der Waals surface area contributed by atoms with Crippen LogP contribution in [0.25, 0.3) is 0 Å². The minimum absolute atomic E-state index is 0.319. The average molecular weight is 346 g/mol. The smallest absolute Gasteiger partial charge is 0.276 e. The molecule has 0 saturated carbocycles. The van der Waals surface area contributed by atoms with Gasteiger partial charge in [-0.25, -0.2) is 9.69 Å². The van der Waals surface area contributed by atoms with Crippen LogP contribution in [0.2, 0.25) is 0 Å². The van der Waals surface area contributed by atoms with Gasteiger partial charge in [0.25, 0.3) is 5.91 Å². The van der Waals surface area contributed by atoms with E-state index in [2.05, 4.69) is 10.3 Å². The molecule has 3 rings (SSSR count). The Balaban J connectivity index is 1.95. The number of para-hydroxylation sites is 2. The molecule has 1 N–H and O–H groups in total. The monoisotopic (exact) mass is 346 g/mol. The fraction of sp³-hybridized carbons (Fsp3) is 0.105. The molecule has 2 aromatic rings. The van der Waals surface area contributed by atoms with Gasteiger partial charge in [-0.15, -0.1) is 0 Å². The van der Waals surface area contributed by atoms with E-state index < -0.39 is 23.8 Å². The summed E-state index contributed by atoms with van der Waals surface area (Å²) in [4.78, 5) is 42.1. The third kappa shape index (κ3) is 3.08. The van der Waals surface area contributed by atoms with E-state index in [9.17, 15) is 14.4 Å². The largest absolute Gasteiger partial charge is 0.335 e. The van der Waals surface area contributed by atoms with Crippen molar-refractivity contribution in [3.05, 3.63) is 59.7 Å². The molecule has 0 bridgehead atoms. The molecule has 0 radical (unpaired) electrons. The van der Waals surface area contributed by atoms with E-state index >= 15 is 0 Å². The Bertz CT molecular complexity index is 975. The number of nitriles is 1. The number of amides is 4. The zero-order valence-electron chi connectivity index (χ0n) is 13.8. The quantitative estimate of drug-likeness (QED) is 0.681. The lowest BCUT2D eigenvalue weighted by Crippen LogP contribution is -2.58. The molecule has 26 heavy (non-hydrogen) atoms. The van der Waals surface area contributed by atoms with Crippen LogP contribution in [0.15, 0.2) is 53.5 Å². The van der Waals surface area contributed by atoms with Crippen molar-refractivity contribution in [3.8, 4) is 6.07 Å². The summed E-state index contributed by atoms with van der Waals surface area (Å²) >= 11 is 0. The first-order valence-corrected chi connectivity index (χ1v) is 7.80. The molecule has 7 heteroatoms. The van der Waals surface area contributed by atoms with Gasteiger partial charge in [0.2, 0.25) is 5.91 Å². The van der Waals surface area contributed by atoms with Gasteiger partial charge >= 0.3 is 6.03 Å². The second-order valence-electron chi connectivity index (χ2n) is 5.64. The zero-order chi connectivity index (χ0) is 18.7. The summed E-state index contributed by atoms with van der Waals surface area (Å²) in [7, 11) is 0. The molecule has 7 nitrogen and oxygen atoms in total. The first-order valence-electron chi connectivity index (χ1n) is 7.80. The maximum atomic E-state index is 12.8. The van der Waals surface area contributed by atoms with Gasteiger partial charge in [-0.1, -0.05) is 30.3 Å². The molecule has 1 aliphatic heterocycles. The SMILES string of the molecule is Cc1ccccc1N1C(=O)NC(=O)[C@H](C=Nc2ccccc2C#N)C1=O. The molecule has 1 atom stereocenters. The summed E-state index contributed by atoms with van der Waals surface area (Å²) in [5.74, 6) is -2.70. The van der Waals surface area contributed by atoms with Crippen molar-refractivity contribution >= 4 is 35.4 Å². The number of hydrogen-bond donors (Lipinski definition) is 1. The van der Waals surface area contributed by atoms with Gasteiger partial charge in [0.1, 0.15) is 6.07 Å². The minimum atomic E-state index is -1.26. The number of imide groups is 2. The van der Waals surface area contributed by atoms with Gasteiger partial charge in [-0.3, -0.25) is 19.9 Å². The molecule has 128 valence electrons. The molecule has 1 heterocycles. The fourth-order valence-electron chi connectivity index (χ4n) is 2.60. The Morgan fingerprint density at radius 1 is 1.12 bits per heavy atom. The number of benzene rings is 2. The van der Waals surface area contributed by atoms with Crippen molar-refractivity contribution in [1.29, 1.82) is 5.26 Å². The van der Waals surface area contributed by atoms with E-state index in [1.807, 2.05) is 6.07 Å². The van der Waals surface area contributed by atoms with Crippen LogP contribution in [0, 0.1) is 24.2 Å². The molecule has 0 aliphatic carbocycles. The first-order chi connectivity index (χ1) is 12.5. The number of hydrogen-bond acceptors (Lipinski definition) is 5. The Kier molecular flexibility index (Phi) is 4.58. The lowest BCUT2D eigenvalue weighted by Gasteiger charge is -2.29. The van der Waals surface area contributed by atoms with Crippen LogP contribution in [0.5, 0.6) is 0 Å². The van der Waals surface area contributed by atoms with Crippen molar-refractivity contribution in [1.82, 2.24) is 5.32 Å². The summed E-state index contributed by atoms with van der Waals surface area (Å²) in [5.41, 5.74) is 1.78. The highest BCUT2D eigenvalue weighted by atomic mass is 16.2. The Morgan fingerprint density at radius 2 is 1.81 bits per heavy atom.